The van der Waals surface area contributed by atoms with Gasteiger partial charge in [0.1, 0.15) is 17.1 Å². The Bertz CT molecular complexity index is 626. The molecule has 0 unspecified atom stereocenters. The first-order chi connectivity index (χ1) is 8.65. The average molecular weight is 246 g/mol. The maximum atomic E-state index is 10.9. The highest BCUT2D eigenvalue weighted by Gasteiger charge is 2.18. The molecule has 0 amide bonds. The predicted molar refractivity (Wildman–Crippen MR) is 62.0 cm³/mol. The molecule has 5 heteroatoms. The number of benzene rings is 1. The van der Waals surface area contributed by atoms with Crippen LogP contribution in [-0.4, -0.2) is 17.9 Å². The number of hydrogen-bond acceptors (Lipinski definition) is 4. The number of carboxylic acids is 1. The van der Waals surface area contributed by atoms with Crippen LogP contribution in [0.2, 0.25) is 0 Å². The summed E-state index contributed by atoms with van der Waals surface area (Å²) in [5.41, 5.74) is 0.928. The van der Waals surface area contributed by atoms with Crippen molar-refractivity contribution in [3.8, 4) is 22.8 Å². The number of hydrogen-bond donors (Lipinski definition) is 1. The normalized spacial score (nSPS) is 12.7. The van der Waals surface area contributed by atoms with Gasteiger partial charge in [-0.05, 0) is 31.2 Å². The molecule has 1 aliphatic heterocycles. The van der Waals surface area contributed by atoms with E-state index in [4.69, 9.17) is 19.0 Å². The topological polar surface area (TPSA) is 68.9 Å². The van der Waals surface area contributed by atoms with Crippen molar-refractivity contribution in [1.29, 1.82) is 0 Å². The fourth-order valence-electron chi connectivity index (χ4n) is 1.89. The van der Waals surface area contributed by atoms with Gasteiger partial charge in [-0.3, -0.25) is 0 Å². The van der Waals surface area contributed by atoms with E-state index in [9.17, 15) is 4.79 Å². The molecular formula is C13H10O5. The third kappa shape index (κ3) is 1.60. The lowest BCUT2D eigenvalue weighted by Gasteiger charge is -1.99. The highest BCUT2D eigenvalue weighted by atomic mass is 16.7. The van der Waals surface area contributed by atoms with E-state index >= 15 is 0 Å². The molecule has 0 saturated heterocycles. The fraction of sp³-hybridized carbons (Fsp3) is 0.154. The van der Waals surface area contributed by atoms with Crippen molar-refractivity contribution in [3.63, 3.8) is 0 Å². The van der Waals surface area contributed by atoms with Crippen LogP contribution in [-0.2, 0) is 0 Å². The van der Waals surface area contributed by atoms with Crippen molar-refractivity contribution in [2.75, 3.05) is 6.79 Å². The molecule has 2 aromatic rings. The van der Waals surface area contributed by atoms with Crippen LogP contribution in [0.3, 0.4) is 0 Å². The molecule has 1 N–H and O–H groups in total. The molecule has 3 rings (SSSR count). The molecule has 1 aliphatic rings. The molecule has 0 radical (unpaired) electrons. The summed E-state index contributed by atoms with van der Waals surface area (Å²) in [6.45, 7) is 1.83. The van der Waals surface area contributed by atoms with Gasteiger partial charge in [-0.1, -0.05) is 0 Å². The Morgan fingerprint density at radius 2 is 2.00 bits per heavy atom. The summed E-state index contributed by atoms with van der Waals surface area (Å²) in [4.78, 5) is 10.9. The van der Waals surface area contributed by atoms with E-state index in [0.717, 1.165) is 5.56 Å². The second kappa shape index (κ2) is 3.80. The molecule has 1 aromatic heterocycles. The van der Waals surface area contributed by atoms with Gasteiger partial charge in [0, 0.05) is 5.56 Å². The smallest absolute Gasteiger partial charge is 0.339 e. The van der Waals surface area contributed by atoms with Crippen LogP contribution in [0.25, 0.3) is 11.3 Å². The maximum Gasteiger partial charge on any atom is 0.339 e. The van der Waals surface area contributed by atoms with Crippen molar-refractivity contribution in [1.82, 2.24) is 0 Å². The van der Waals surface area contributed by atoms with E-state index in [0.29, 0.717) is 23.0 Å². The predicted octanol–water partition coefficient (Wildman–Crippen LogP) is 2.68. The summed E-state index contributed by atoms with van der Waals surface area (Å²) in [6.07, 6.45) is 0. The second-order valence-electron chi connectivity index (χ2n) is 3.95. The first kappa shape index (κ1) is 10.7. The Morgan fingerprint density at radius 3 is 2.72 bits per heavy atom. The standard InChI is InChI=1S/C13H10O5/c1-7-9(13(14)15)5-11(18-7)8-2-3-10-12(4-8)17-6-16-10/h2-5H,6H2,1H3,(H,14,15). The summed E-state index contributed by atoms with van der Waals surface area (Å²) in [7, 11) is 0. The largest absolute Gasteiger partial charge is 0.478 e. The van der Waals surface area contributed by atoms with E-state index in [1.54, 1.807) is 25.1 Å². The lowest BCUT2D eigenvalue weighted by atomic mass is 10.1. The van der Waals surface area contributed by atoms with Gasteiger partial charge in [0.25, 0.3) is 0 Å². The Kier molecular flexibility index (Phi) is 2.26. The van der Waals surface area contributed by atoms with E-state index in [1.165, 1.54) is 6.07 Å². The highest BCUT2D eigenvalue weighted by molar-refractivity contribution is 5.90. The number of aromatic carboxylic acids is 1. The van der Waals surface area contributed by atoms with Gasteiger partial charge in [-0.2, -0.15) is 0 Å². The Balaban J connectivity index is 2.05. The molecule has 1 aromatic carbocycles. The van der Waals surface area contributed by atoms with Gasteiger partial charge in [0.15, 0.2) is 11.5 Å². The molecule has 0 aliphatic carbocycles. The van der Waals surface area contributed by atoms with E-state index in [1.807, 2.05) is 0 Å². The number of carboxylic acid groups (broad SMARTS) is 1. The van der Waals surface area contributed by atoms with E-state index in [-0.39, 0.29) is 12.4 Å². The zero-order valence-corrected chi connectivity index (χ0v) is 9.60. The summed E-state index contributed by atoms with van der Waals surface area (Å²) < 4.78 is 15.9. The van der Waals surface area contributed by atoms with Crippen LogP contribution in [0.15, 0.2) is 28.7 Å². The molecule has 0 spiro atoms. The van der Waals surface area contributed by atoms with Crippen LogP contribution in [0.1, 0.15) is 16.1 Å². The number of carbonyl (C=O) groups is 1. The molecule has 0 bridgehead atoms. The SMILES string of the molecule is Cc1oc(-c2ccc3c(c2)OCO3)cc1C(=O)O. The van der Waals surface area contributed by atoms with Crippen molar-refractivity contribution >= 4 is 5.97 Å². The van der Waals surface area contributed by atoms with Gasteiger partial charge in [-0.15, -0.1) is 0 Å². The lowest BCUT2D eigenvalue weighted by Crippen LogP contribution is -1.94. The van der Waals surface area contributed by atoms with Crippen LogP contribution in [0, 0.1) is 6.92 Å². The molecule has 92 valence electrons. The van der Waals surface area contributed by atoms with Crippen LogP contribution in [0.4, 0.5) is 0 Å². The lowest BCUT2D eigenvalue weighted by molar-refractivity contribution is 0.0695. The van der Waals surface area contributed by atoms with Crippen molar-refractivity contribution in [3.05, 3.63) is 35.6 Å². The first-order valence-corrected chi connectivity index (χ1v) is 5.39. The number of fused-ring (bicyclic) bond motifs is 1. The van der Waals surface area contributed by atoms with Crippen LogP contribution < -0.4 is 9.47 Å². The molecular weight excluding hydrogens is 236 g/mol. The van der Waals surface area contributed by atoms with Crippen molar-refractivity contribution in [2.24, 2.45) is 0 Å². The monoisotopic (exact) mass is 246 g/mol. The molecule has 0 fully saturated rings. The maximum absolute atomic E-state index is 10.9. The molecule has 5 nitrogen and oxygen atoms in total. The Morgan fingerprint density at radius 1 is 1.22 bits per heavy atom. The average Bonchev–Trinajstić information content (AvgIpc) is 2.93. The summed E-state index contributed by atoms with van der Waals surface area (Å²) in [5.74, 6) is 1.21. The minimum Gasteiger partial charge on any atom is -0.478 e. The number of rotatable bonds is 2. The minimum atomic E-state index is -0.997. The fourth-order valence-corrected chi connectivity index (χ4v) is 1.89. The molecule has 0 atom stereocenters. The van der Waals surface area contributed by atoms with Gasteiger partial charge in [-0.25, -0.2) is 4.79 Å². The zero-order valence-electron chi connectivity index (χ0n) is 9.60. The number of furan rings is 1. The van der Waals surface area contributed by atoms with E-state index in [2.05, 4.69) is 0 Å². The highest BCUT2D eigenvalue weighted by Crippen LogP contribution is 2.36. The van der Waals surface area contributed by atoms with Gasteiger partial charge < -0.3 is 19.0 Å². The van der Waals surface area contributed by atoms with Gasteiger partial charge in [0.05, 0.1) is 0 Å². The number of aryl methyl sites for hydroxylation is 1. The summed E-state index contributed by atoms with van der Waals surface area (Å²) in [6, 6.07) is 6.86. The third-order valence-corrected chi connectivity index (χ3v) is 2.81. The van der Waals surface area contributed by atoms with Crippen molar-refractivity contribution in [2.45, 2.75) is 6.92 Å². The zero-order chi connectivity index (χ0) is 12.7. The van der Waals surface area contributed by atoms with Crippen LogP contribution in [0.5, 0.6) is 11.5 Å². The van der Waals surface area contributed by atoms with Gasteiger partial charge in [0.2, 0.25) is 6.79 Å². The Hall–Kier alpha value is -2.43. The second-order valence-corrected chi connectivity index (χ2v) is 3.95. The minimum absolute atomic E-state index is 0.169. The molecule has 0 saturated carbocycles. The summed E-state index contributed by atoms with van der Waals surface area (Å²) >= 11 is 0. The van der Waals surface area contributed by atoms with E-state index < -0.39 is 5.97 Å². The quantitative estimate of drug-likeness (QED) is 0.882. The summed E-state index contributed by atoms with van der Waals surface area (Å²) in [5, 5.41) is 8.98. The van der Waals surface area contributed by atoms with Crippen molar-refractivity contribution < 1.29 is 23.8 Å². The first-order valence-electron chi connectivity index (χ1n) is 5.39. The van der Waals surface area contributed by atoms with Crippen LogP contribution >= 0.6 is 0 Å². The molecule has 18 heavy (non-hydrogen) atoms. The third-order valence-electron chi connectivity index (χ3n) is 2.81. The Labute approximate surface area is 103 Å². The molecule has 2 heterocycles. The van der Waals surface area contributed by atoms with Gasteiger partial charge >= 0.3 is 5.97 Å². The number of ether oxygens (including phenoxy) is 2.